The predicted molar refractivity (Wildman–Crippen MR) is 91.9 cm³/mol. The van der Waals surface area contributed by atoms with Gasteiger partial charge < -0.3 is 10.1 Å². The summed E-state index contributed by atoms with van der Waals surface area (Å²) in [6, 6.07) is 13.0. The lowest BCUT2D eigenvalue weighted by atomic mass is 10.0. The molecule has 1 unspecified atom stereocenters. The van der Waals surface area contributed by atoms with Crippen LogP contribution in [0.3, 0.4) is 0 Å². The quantitative estimate of drug-likeness (QED) is 0.828. The minimum absolute atomic E-state index is 0.240. The van der Waals surface area contributed by atoms with Gasteiger partial charge in [0.05, 0.1) is 7.11 Å². The molecule has 0 saturated carbocycles. The van der Waals surface area contributed by atoms with E-state index >= 15 is 0 Å². The smallest absolute Gasteiger partial charge is 0.123 e. The van der Waals surface area contributed by atoms with Crippen LogP contribution in [0.4, 0.5) is 0 Å². The number of benzene rings is 2. The molecular weight excluding hydrogens is 326 g/mol. The molecule has 2 aromatic carbocycles. The van der Waals surface area contributed by atoms with E-state index in [1.807, 2.05) is 6.07 Å². The van der Waals surface area contributed by atoms with Gasteiger partial charge in [-0.2, -0.15) is 0 Å². The maximum absolute atomic E-state index is 5.46. The summed E-state index contributed by atoms with van der Waals surface area (Å²) in [6.07, 6.45) is 0. The van der Waals surface area contributed by atoms with Gasteiger partial charge in [-0.3, -0.25) is 0 Å². The van der Waals surface area contributed by atoms with Crippen LogP contribution in [0, 0.1) is 13.8 Å². The third-order valence-corrected chi connectivity index (χ3v) is 4.58. The van der Waals surface area contributed by atoms with Crippen molar-refractivity contribution in [2.45, 2.75) is 33.4 Å². The molecular formula is C18H22BrNO. The van der Waals surface area contributed by atoms with Crippen molar-refractivity contribution in [3.63, 3.8) is 0 Å². The van der Waals surface area contributed by atoms with Crippen LogP contribution in [0.15, 0.2) is 40.9 Å². The Bertz CT molecular complexity index is 625. The van der Waals surface area contributed by atoms with E-state index in [0.717, 1.165) is 16.8 Å². The molecule has 21 heavy (non-hydrogen) atoms. The van der Waals surface area contributed by atoms with Gasteiger partial charge in [0.25, 0.3) is 0 Å². The van der Waals surface area contributed by atoms with Crippen LogP contribution < -0.4 is 10.1 Å². The molecule has 2 rings (SSSR count). The summed E-state index contributed by atoms with van der Waals surface area (Å²) in [5.74, 6) is 0.938. The maximum atomic E-state index is 5.46. The number of nitrogens with one attached hydrogen (secondary N) is 1. The highest BCUT2D eigenvalue weighted by atomic mass is 79.9. The summed E-state index contributed by atoms with van der Waals surface area (Å²) in [6.45, 7) is 7.23. The van der Waals surface area contributed by atoms with Crippen molar-refractivity contribution in [3.05, 3.63) is 63.1 Å². The Labute approximate surface area is 135 Å². The van der Waals surface area contributed by atoms with Gasteiger partial charge in [-0.1, -0.05) is 45.8 Å². The Hall–Kier alpha value is -1.32. The van der Waals surface area contributed by atoms with Crippen LogP contribution in [-0.4, -0.2) is 7.11 Å². The summed E-state index contributed by atoms with van der Waals surface area (Å²) in [5.41, 5.74) is 4.99. The number of methoxy groups -OCH3 is 1. The zero-order chi connectivity index (χ0) is 15.4. The molecule has 0 radical (unpaired) electrons. The van der Waals surface area contributed by atoms with Gasteiger partial charge in [0.1, 0.15) is 5.75 Å². The van der Waals surface area contributed by atoms with E-state index in [2.05, 4.69) is 72.3 Å². The number of halogens is 1. The Kier molecular flexibility index (Phi) is 5.43. The zero-order valence-corrected chi connectivity index (χ0v) is 14.6. The van der Waals surface area contributed by atoms with E-state index in [1.54, 1.807) is 7.11 Å². The molecule has 0 bridgehead atoms. The maximum Gasteiger partial charge on any atom is 0.123 e. The van der Waals surface area contributed by atoms with E-state index in [0.29, 0.717) is 0 Å². The van der Waals surface area contributed by atoms with E-state index in [9.17, 15) is 0 Å². The van der Waals surface area contributed by atoms with Crippen molar-refractivity contribution in [2.24, 2.45) is 0 Å². The lowest BCUT2D eigenvalue weighted by Crippen LogP contribution is -2.19. The minimum Gasteiger partial charge on any atom is -0.496 e. The second kappa shape index (κ2) is 7.10. The number of rotatable bonds is 5. The molecule has 2 nitrogen and oxygen atoms in total. The number of aryl methyl sites for hydroxylation is 2. The highest BCUT2D eigenvalue weighted by molar-refractivity contribution is 9.10. The normalized spacial score (nSPS) is 12.2. The number of ether oxygens (including phenoxy) is 1. The SMILES string of the molecule is COc1ccc(C)cc1C(C)NCc1ccc(Br)c(C)c1. The highest BCUT2D eigenvalue weighted by Gasteiger charge is 2.11. The van der Waals surface area contributed by atoms with Gasteiger partial charge in [0, 0.05) is 22.6 Å². The molecule has 0 spiro atoms. The molecule has 1 N–H and O–H groups in total. The summed E-state index contributed by atoms with van der Waals surface area (Å²) in [5, 5.41) is 3.57. The van der Waals surface area contributed by atoms with Crippen molar-refractivity contribution in [1.29, 1.82) is 0 Å². The Morgan fingerprint density at radius 2 is 1.90 bits per heavy atom. The second-order valence-electron chi connectivity index (χ2n) is 5.43. The van der Waals surface area contributed by atoms with Crippen molar-refractivity contribution in [3.8, 4) is 5.75 Å². The Balaban J connectivity index is 2.09. The van der Waals surface area contributed by atoms with Crippen molar-refractivity contribution in [2.75, 3.05) is 7.11 Å². The lowest BCUT2D eigenvalue weighted by Gasteiger charge is -2.18. The average Bonchev–Trinajstić information content (AvgIpc) is 2.48. The molecule has 0 amide bonds. The molecule has 2 aromatic rings. The first-order valence-corrected chi connectivity index (χ1v) is 7.93. The topological polar surface area (TPSA) is 21.3 Å². The zero-order valence-electron chi connectivity index (χ0n) is 13.0. The Morgan fingerprint density at radius 3 is 2.57 bits per heavy atom. The highest BCUT2D eigenvalue weighted by Crippen LogP contribution is 2.26. The average molecular weight is 348 g/mol. The fourth-order valence-corrected chi connectivity index (χ4v) is 2.64. The Morgan fingerprint density at radius 1 is 1.14 bits per heavy atom. The van der Waals surface area contributed by atoms with Crippen molar-refractivity contribution >= 4 is 15.9 Å². The van der Waals surface area contributed by atoms with Crippen LogP contribution in [-0.2, 0) is 6.54 Å². The van der Waals surface area contributed by atoms with E-state index in [-0.39, 0.29) is 6.04 Å². The molecule has 3 heteroatoms. The van der Waals surface area contributed by atoms with Crippen LogP contribution in [0.1, 0.15) is 35.2 Å². The van der Waals surface area contributed by atoms with Crippen molar-refractivity contribution < 1.29 is 4.74 Å². The van der Waals surface area contributed by atoms with E-state index < -0.39 is 0 Å². The molecule has 0 aliphatic heterocycles. The van der Waals surface area contributed by atoms with Crippen LogP contribution in [0.25, 0.3) is 0 Å². The largest absolute Gasteiger partial charge is 0.496 e. The third-order valence-electron chi connectivity index (χ3n) is 3.69. The van der Waals surface area contributed by atoms with Gasteiger partial charge in [-0.05, 0) is 44.0 Å². The predicted octanol–water partition coefficient (Wildman–Crippen LogP) is 4.93. The number of hydrogen-bond acceptors (Lipinski definition) is 2. The first-order chi connectivity index (χ1) is 10.0. The molecule has 112 valence electrons. The van der Waals surface area contributed by atoms with Gasteiger partial charge >= 0.3 is 0 Å². The molecule has 0 saturated heterocycles. The molecule has 0 heterocycles. The second-order valence-corrected chi connectivity index (χ2v) is 6.29. The minimum atomic E-state index is 0.240. The fraction of sp³-hybridized carbons (Fsp3) is 0.333. The van der Waals surface area contributed by atoms with Gasteiger partial charge in [0.15, 0.2) is 0 Å². The summed E-state index contributed by atoms with van der Waals surface area (Å²) >= 11 is 3.54. The van der Waals surface area contributed by atoms with Gasteiger partial charge in [-0.25, -0.2) is 0 Å². The summed E-state index contributed by atoms with van der Waals surface area (Å²) in [7, 11) is 1.72. The molecule has 0 aromatic heterocycles. The van der Waals surface area contributed by atoms with Crippen molar-refractivity contribution in [1.82, 2.24) is 5.32 Å². The van der Waals surface area contributed by atoms with E-state index in [4.69, 9.17) is 4.74 Å². The van der Waals surface area contributed by atoms with Gasteiger partial charge in [0.2, 0.25) is 0 Å². The first-order valence-electron chi connectivity index (χ1n) is 7.14. The van der Waals surface area contributed by atoms with Crippen LogP contribution >= 0.6 is 15.9 Å². The standard InChI is InChI=1S/C18H22BrNO/c1-12-5-8-18(21-4)16(9-12)14(3)20-11-15-6-7-17(19)13(2)10-15/h5-10,14,20H,11H2,1-4H3. The number of hydrogen-bond donors (Lipinski definition) is 1. The van der Waals surface area contributed by atoms with Gasteiger partial charge in [-0.15, -0.1) is 0 Å². The fourth-order valence-electron chi connectivity index (χ4n) is 2.39. The monoisotopic (exact) mass is 347 g/mol. The first kappa shape index (κ1) is 16.1. The molecule has 0 aliphatic carbocycles. The molecule has 0 aliphatic rings. The van der Waals surface area contributed by atoms with Crippen LogP contribution in [0.2, 0.25) is 0 Å². The third kappa shape index (κ3) is 4.08. The lowest BCUT2D eigenvalue weighted by molar-refractivity contribution is 0.401. The molecule has 1 atom stereocenters. The van der Waals surface area contributed by atoms with Crippen LogP contribution in [0.5, 0.6) is 5.75 Å². The summed E-state index contributed by atoms with van der Waals surface area (Å²) in [4.78, 5) is 0. The molecule has 0 fully saturated rings. The summed E-state index contributed by atoms with van der Waals surface area (Å²) < 4.78 is 6.61. The van der Waals surface area contributed by atoms with E-state index in [1.165, 1.54) is 22.3 Å².